The van der Waals surface area contributed by atoms with Crippen LogP contribution in [0.15, 0.2) is 24.3 Å². The first kappa shape index (κ1) is 35.4. The Kier molecular flexibility index (Phi) is 24.8. The van der Waals surface area contributed by atoms with Crippen LogP contribution >= 0.6 is 0 Å². The summed E-state index contributed by atoms with van der Waals surface area (Å²) in [7, 11) is 0. The minimum atomic E-state index is -0.519. The van der Waals surface area contributed by atoms with Gasteiger partial charge in [-0.05, 0) is 50.9 Å². The number of hydrogen-bond donors (Lipinski definition) is 1. The molecule has 0 aromatic rings. The molecule has 1 amide bonds. The van der Waals surface area contributed by atoms with Crippen molar-refractivity contribution in [2.75, 3.05) is 26.3 Å². The molecule has 0 bridgehead atoms. The molecule has 0 rings (SSSR count). The van der Waals surface area contributed by atoms with Crippen molar-refractivity contribution in [3.8, 4) is 6.07 Å². The fourth-order valence-corrected chi connectivity index (χ4v) is 4.17. The second-order valence-electron chi connectivity index (χ2n) is 10.7. The summed E-state index contributed by atoms with van der Waals surface area (Å²) in [6.45, 7) is 12.1. The molecule has 0 saturated carbocycles. The van der Waals surface area contributed by atoms with Gasteiger partial charge in [-0.2, -0.15) is 5.26 Å². The number of aliphatic hydroxyl groups excluding tert-OH is 1. The normalized spacial score (nSPS) is 12.2. The van der Waals surface area contributed by atoms with Crippen LogP contribution in [0.2, 0.25) is 0 Å². The summed E-state index contributed by atoms with van der Waals surface area (Å²) in [6.07, 6.45) is 22.6. The van der Waals surface area contributed by atoms with E-state index in [1.165, 1.54) is 64.2 Å². The van der Waals surface area contributed by atoms with Crippen molar-refractivity contribution >= 4 is 5.91 Å². The van der Waals surface area contributed by atoms with E-state index in [1.807, 2.05) is 0 Å². The molecule has 37 heavy (non-hydrogen) atoms. The molecule has 0 aromatic carbocycles. The molecule has 1 N–H and O–H groups in total. The molecular formula is C32H58N2O3. The third-order valence-electron chi connectivity index (χ3n) is 6.93. The van der Waals surface area contributed by atoms with Crippen LogP contribution in [0.5, 0.6) is 0 Å². The van der Waals surface area contributed by atoms with E-state index in [0.29, 0.717) is 44.9 Å². The van der Waals surface area contributed by atoms with E-state index in [4.69, 9.17) is 10.00 Å². The van der Waals surface area contributed by atoms with Crippen LogP contribution in [0.4, 0.5) is 0 Å². The van der Waals surface area contributed by atoms with Gasteiger partial charge < -0.3 is 14.7 Å². The van der Waals surface area contributed by atoms with Gasteiger partial charge >= 0.3 is 0 Å². The average molecular weight is 519 g/mol. The number of hydrogen-bond acceptors (Lipinski definition) is 4. The van der Waals surface area contributed by atoms with Gasteiger partial charge in [-0.3, -0.25) is 4.79 Å². The smallest absolute Gasteiger partial charge is 0.222 e. The van der Waals surface area contributed by atoms with E-state index in [0.717, 1.165) is 31.3 Å². The summed E-state index contributed by atoms with van der Waals surface area (Å²) in [4.78, 5) is 14.4. The maximum Gasteiger partial charge on any atom is 0.222 e. The zero-order chi connectivity index (χ0) is 27.6. The molecule has 214 valence electrons. The number of rotatable bonds is 26. The van der Waals surface area contributed by atoms with Crippen molar-refractivity contribution in [1.82, 2.24) is 4.90 Å². The van der Waals surface area contributed by atoms with Crippen LogP contribution in [-0.2, 0) is 9.53 Å². The van der Waals surface area contributed by atoms with E-state index in [1.54, 1.807) is 4.90 Å². The molecule has 5 nitrogen and oxygen atoms in total. The second kappa shape index (κ2) is 26.0. The Bertz CT molecular complexity index is 624. The lowest BCUT2D eigenvalue weighted by atomic mass is 9.99. The fourth-order valence-electron chi connectivity index (χ4n) is 4.17. The number of amides is 1. The predicted molar refractivity (Wildman–Crippen MR) is 156 cm³/mol. The molecule has 0 heterocycles. The summed E-state index contributed by atoms with van der Waals surface area (Å²) in [5.41, 5.74) is 1.14. The van der Waals surface area contributed by atoms with Gasteiger partial charge in [-0.25, -0.2) is 0 Å². The third kappa shape index (κ3) is 23.2. The monoisotopic (exact) mass is 518 g/mol. The summed E-state index contributed by atoms with van der Waals surface area (Å²) in [6, 6.07) is 2.13. The number of unbranched alkanes of at least 4 members (excludes halogenated alkanes) is 11. The van der Waals surface area contributed by atoms with E-state index in [2.05, 4.69) is 45.6 Å². The highest BCUT2D eigenvalue weighted by Crippen LogP contribution is 2.15. The van der Waals surface area contributed by atoms with Gasteiger partial charge in [0.15, 0.2) is 0 Å². The van der Waals surface area contributed by atoms with E-state index in [9.17, 15) is 9.90 Å². The molecule has 1 atom stereocenters. The number of carbonyl (C=O) groups is 1. The quantitative estimate of drug-likeness (QED) is 0.0926. The first-order valence-electron chi connectivity index (χ1n) is 15.2. The minimum absolute atomic E-state index is 0.102. The molecular weight excluding hydrogens is 460 g/mol. The SMILES string of the molecule is C=C(CCC(O)COCCN(CCC#N)C(=O)CCCCCCC/C=C\CCCCCCCC)C(C)C. The molecule has 0 aliphatic heterocycles. The second-order valence-corrected chi connectivity index (χ2v) is 10.7. The molecule has 0 saturated heterocycles. The first-order valence-corrected chi connectivity index (χ1v) is 15.2. The van der Waals surface area contributed by atoms with Crippen LogP contribution in [0.1, 0.15) is 130 Å². The van der Waals surface area contributed by atoms with Crippen molar-refractivity contribution in [2.24, 2.45) is 5.92 Å². The Morgan fingerprint density at radius 1 is 0.946 bits per heavy atom. The van der Waals surface area contributed by atoms with Gasteiger partial charge in [0.05, 0.1) is 31.8 Å². The van der Waals surface area contributed by atoms with Crippen molar-refractivity contribution in [3.63, 3.8) is 0 Å². The Morgan fingerprint density at radius 3 is 2.14 bits per heavy atom. The van der Waals surface area contributed by atoms with Gasteiger partial charge in [0.1, 0.15) is 0 Å². The van der Waals surface area contributed by atoms with Crippen LogP contribution in [0, 0.1) is 17.2 Å². The number of ether oxygens (including phenoxy) is 1. The Morgan fingerprint density at radius 2 is 1.54 bits per heavy atom. The topological polar surface area (TPSA) is 73.6 Å². The Balaban J connectivity index is 3.87. The average Bonchev–Trinajstić information content (AvgIpc) is 2.88. The fraction of sp³-hybridized carbons (Fsp3) is 0.812. The highest BCUT2D eigenvalue weighted by atomic mass is 16.5. The van der Waals surface area contributed by atoms with Crippen molar-refractivity contribution in [3.05, 3.63) is 24.3 Å². The molecule has 0 aromatic heterocycles. The highest BCUT2D eigenvalue weighted by molar-refractivity contribution is 5.76. The van der Waals surface area contributed by atoms with Gasteiger partial charge in [0.2, 0.25) is 5.91 Å². The van der Waals surface area contributed by atoms with Crippen molar-refractivity contribution in [2.45, 2.75) is 136 Å². The zero-order valence-corrected chi connectivity index (χ0v) is 24.5. The van der Waals surface area contributed by atoms with Crippen LogP contribution in [-0.4, -0.2) is 48.3 Å². The van der Waals surface area contributed by atoms with Crippen LogP contribution in [0.3, 0.4) is 0 Å². The Hall–Kier alpha value is -1.64. The maximum absolute atomic E-state index is 12.6. The molecule has 0 spiro atoms. The predicted octanol–water partition coefficient (Wildman–Crippen LogP) is 8.14. The number of nitrogens with zero attached hydrogens (tertiary/aromatic N) is 2. The van der Waals surface area contributed by atoms with Gasteiger partial charge in [-0.1, -0.05) is 96.4 Å². The molecule has 0 radical (unpaired) electrons. The van der Waals surface area contributed by atoms with E-state index >= 15 is 0 Å². The standard InChI is InChI=1S/C32H58N2O3/c1-5-6-7-8-9-10-11-12-13-14-15-16-17-18-19-21-32(36)34(25-20-24-33)26-27-37-28-31(35)23-22-30(4)29(2)3/h12-13,29,31,35H,4-11,14-23,25-28H2,1-3H3/b13-12-. The molecule has 5 heteroatoms. The summed E-state index contributed by atoms with van der Waals surface area (Å²) < 4.78 is 5.62. The molecule has 0 fully saturated rings. The van der Waals surface area contributed by atoms with Gasteiger partial charge in [0, 0.05) is 19.5 Å². The lowest BCUT2D eigenvalue weighted by molar-refractivity contribution is -0.132. The van der Waals surface area contributed by atoms with E-state index < -0.39 is 6.10 Å². The largest absolute Gasteiger partial charge is 0.391 e. The summed E-state index contributed by atoms with van der Waals surface area (Å²) in [5, 5.41) is 19.0. The van der Waals surface area contributed by atoms with E-state index in [-0.39, 0.29) is 12.5 Å². The number of carbonyl (C=O) groups excluding carboxylic acids is 1. The van der Waals surface area contributed by atoms with Crippen LogP contribution in [0.25, 0.3) is 0 Å². The maximum atomic E-state index is 12.6. The molecule has 1 unspecified atom stereocenters. The van der Waals surface area contributed by atoms with Crippen molar-refractivity contribution in [1.29, 1.82) is 5.26 Å². The van der Waals surface area contributed by atoms with Gasteiger partial charge in [0.25, 0.3) is 0 Å². The number of allylic oxidation sites excluding steroid dienone is 3. The molecule has 0 aliphatic carbocycles. The lowest BCUT2D eigenvalue weighted by Crippen LogP contribution is -2.35. The lowest BCUT2D eigenvalue weighted by Gasteiger charge is -2.22. The van der Waals surface area contributed by atoms with Crippen LogP contribution < -0.4 is 0 Å². The highest BCUT2D eigenvalue weighted by Gasteiger charge is 2.13. The number of aliphatic hydroxyl groups is 1. The molecule has 0 aliphatic rings. The van der Waals surface area contributed by atoms with Crippen molar-refractivity contribution < 1.29 is 14.6 Å². The summed E-state index contributed by atoms with van der Waals surface area (Å²) in [5.74, 6) is 0.528. The number of nitriles is 1. The Labute approximate surface area is 229 Å². The van der Waals surface area contributed by atoms with Gasteiger partial charge in [-0.15, -0.1) is 0 Å². The summed E-state index contributed by atoms with van der Waals surface area (Å²) >= 11 is 0. The zero-order valence-electron chi connectivity index (χ0n) is 24.5. The first-order chi connectivity index (χ1) is 17.9. The third-order valence-corrected chi connectivity index (χ3v) is 6.93. The minimum Gasteiger partial charge on any atom is -0.391 e.